The maximum atomic E-state index is 5.56. The van der Waals surface area contributed by atoms with Crippen molar-refractivity contribution in [3.05, 3.63) is 35.4 Å². The predicted octanol–water partition coefficient (Wildman–Crippen LogP) is -3.57. The largest absolute Gasteiger partial charge is 1.00 e. The minimum absolute atomic E-state index is 0. The number of nitrogens with zero attached hydrogens (tertiary/aromatic N) is 2. The first-order valence-electron chi connectivity index (χ1n) is 9.63. The second-order valence-corrected chi connectivity index (χ2v) is 7.57. The van der Waals surface area contributed by atoms with Gasteiger partial charge in [-0.2, -0.15) is 0 Å². The molecular formula is C20H34Br2N2O2. The Balaban J connectivity index is 0.00000169. The highest BCUT2D eigenvalue weighted by molar-refractivity contribution is 5.21. The summed E-state index contributed by atoms with van der Waals surface area (Å²) < 4.78 is 13.5. The van der Waals surface area contributed by atoms with Gasteiger partial charge in [0.2, 0.25) is 0 Å². The highest BCUT2D eigenvalue weighted by atomic mass is 79.9. The average molecular weight is 494 g/mol. The van der Waals surface area contributed by atoms with Gasteiger partial charge in [0.1, 0.15) is 39.3 Å². The van der Waals surface area contributed by atoms with Crippen LogP contribution >= 0.6 is 0 Å². The monoisotopic (exact) mass is 492 g/mol. The number of quaternary nitrogens is 2. The minimum Gasteiger partial charge on any atom is -1.00 e. The highest BCUT2D eigenvalue weighted by Gasteiger charge is 2.30. The summed E-state index contributed by atoms with van der Waals surface area (Å²) in [6.07, 6.45) is 0. The molecule has 2 heterocycles. The Morgan fingerprint density at radius 3 is 1.23 bits per heavy atom. The molecular weight excluding hydrogens is 460 g/mol. The molecule has 3 rings (SSSR count). The molecule has 0 atom stereocenters. The lowest BCUT2D eigenvalue weighted by Crippen LogP contribution is -3.00. The summed E-state index contributed by atoms with van der Waals surface area (Å²) in [4.78, 5) is 0. The van der Waals surface area contributed by atoms with Gasteiger partial charge in [-0.1, -0.05) is 24.3 Å². The fourth-order valence-corrected chi connectivity index (χ4v) is 4.16. The number of rotatable bonds is 6. The summed E-state index contributed by atoms with van der Waals surface area (Å²) in [7, 11) is 0. The topological polar surface area (TPSA) is 18.5 Å². The van der Waals surface area contributed by atoms with Crippen molar-refractivity contribution in [1.29, 1.82) is 0 Å². The standard InChI is InChI=1S/C20H34N2O2.2BrH/c1-3-21(9-13-23-14-10-21)17-19-5-7-20(8-6-19)18-22(4-2)11-15-24-16-12-22;;/h5-8H,3-4,9-18H2,1-2H3;2*1H/q+2;;/p-2. The molecule has 2 aliphatic rings. The van der Waals surface area contributed by atoms with Crippen LogP contribution in [0.5, 0.6) is 0 Å². The molecule has 6 heteroatoms. The van der Waals surface area contributed by atoms with E-state index in [1.807, 2.05) is 0 Å². The predicted molar refractivity (Wildman–Crippen MR) is 96.6 cm³/mol. The quantitative estimate of drug-likeness (QED) is 0.382. The van der Waals surface area contributed by atoms with Gasteiger partial charge < -0.3 is 52.4 Å². The third-order valence-electron chi connectivity index (χ3n) is 6.24. The smallest absolute Gasteiger partial charge is 0.104 e. The SMILES string of the molecule is CC[N+]1(Cc2ccc(C[N+]3(CC)CCOCC3)cc2)CCOCC1.[Br-].[Br-]. The zero-order valence-electron chi connectivity index (χ0n) is 16.3. The number of hydrogen-bond donors (Lipinski definition) is 0. The lowest BCUT2D eigenvalue weighted by atomic mass is 10.1. The van der Waals surface area contributed by atoms with Crippen LogP contribution < -0.4 is 34.0 Å². The number of ether oxygens (including phenoxy) is 2. The first-order valence-corrected chi connectivity index (χ1v) is 9.63. The zero-order valence-corrected chi connectivity index (χ0v) is 19.4. The summed E-state index contributed by atoms with van der Waals surface area (Å²) in [5.74, 6) is 0. The number of halogens is 2. The van der Waals surface area contributed by atoms with Crippen molar-refractivity contribution >= 4 is 0 Å². The summed E-state index contributed by atoms with van der Waals surface area (Å²) >= 11 is 0. The van der Waals surface area contributed by atoms with Crippen LogP contribution in [0.15, 0.2) is 24.3 Å². The van der Waals surface area contributed by atoms with Crippen molar-refractivity contribution < 1.29 is 52.4 Å². The molecule has 0 aromatic heterocycles. The van der Waals surface area contributed by atoms with Crippen LogP contribution in [0.25, 0.3) is 0 Å². The first kappa shape index (κ1) is 24.1. The number of hydrogen-bond acceptors (Lipinski definition) is 2. The van der Waals surface area contributed by atoms with E-state index in [-0.39, 0.29) is 34.0 Å². The van der Waals surface area contributed by atoms with Gasteiger partial charge in [0.15, 0.2) is 0 Å². The molecule has 0 N–H and O–H groups in total. The van der Waals surface area contributed by atoms with Crippen molar-refractivity contribution in [3.8, 4) is 0 Å². The van der Waals surface area contributed by atoms with Crippen molar-refractivity contribution in [3.63, 3.8) is 0 Å². The molecule has 2 saturated heterocycles. The van der Waals surface area contributed by atoms with Crippen LogP contribution in [-0.4, -0.2) is 74.7 Å². The molecule has 26 heavy (non-hydrogen) atoms. The molecule has 0 radical (unpaired) electrons. The van der Waals surface area contributed by atoms with Crippen molar-refractivity contribution in [2.75, 3.05) is 65.7 Å². The minimum atomic E-state index is 0. The normalized spacial score (nSPS) is 21.3. The first-order chi connectivity index (χ1) is 11.7. The molecule has 0 saturated carbocycles. The van der Waals surface area contributed by atoms with Crippen LogP contribution in [-0.2, 0) is 22.6 Å². The van der Waals surface area contributed by atoms with E-state index in [1.54, 1.807) is 0 Å². The van der Waals surface area contributed by atoms with Crippen molar-refractivity contribution in [2.45, 2.75) is 26.9 Å². The molecule has 0 unspecified atom stereocenters. The molecule has 1 aromatic rings. The molecule has 2 fully saturated rings. The Bertz CT molecular complexity index is 466. The summed E-state index contributed by atoms with van der Waals surface area (Å²) in [5, 5.41) is 0. The third kappa shape index (κ3) is 6.01. The Kier molecular flexibility index (Phi) is 10.3. The number of likely N-dealkylation sites (N-methyl/N-ethyl adjacent to an activating group) is 2. The molecule has 4 nitrogen and oxygen atoms in total. The average Bonchev–Trinajstić information content (AvgIpc) is 2.65. The van der Waals surface area contributed by atoms with Gasteiger partial charge in [-0.25, -0.2) is 0 Å². The van der Waals surface area contributed by atoms with E-state index in [9.17, 15) is 0 Å². The van der Waals surface area contributed by atoms with Gasteiger partial charge >= 0.3 is 0 Å². The second-order valence-electron chi connectivity index (χ2n) is 7.57. The summed E-state index contributed by atoms with van der Waals surface area (Å²) in [6.45, 7) is 17.5. The van der Waals surface area contributed by atoms with Crippen molar-refractivity contribution in [1.82, 2.24) is 0 Å². The zero-order chi connectivity index (χ0) is 16.9. The van der Waals surface area contributed by atoms with E-state index in [4.69, 9.17) is 9.47 Å². The van der Waals surface area contributed by atoms with Gasteiger partial charge in [-0.15, -0.1) is 0 Å². The summed E-state index contributed by atoms with van der Waals surface area (Å²) in [5.41, 5.74) is 2.93. The molecule has 150 valence electrons. The lowest BCUT2D eigenvalue weighted by molar-refractivity contribution is -0.946. The van der Waals surface area contributed by atoms with Gasteiger partial charge in [-0.3, -0.25) is 0 Å². The van der Waals surface area contributed by atoms with E-state index >= 15 is 0 Å². The van der Waals surface area contributed by atoms with Crippen LogP contribution in [0.1, 0.15) is 25.0 Å². The molecule has 0 spiro atoms. The van der Waals surface area contributed by atoms with E-state index < -0.39 is 0 Å². The molecule has 0 amide bonds. The molecule has 2 aliphatic heterocycles. The van der Waals surface area contributed by atoms with Crippen LogP contribution in [0.2, 0.25) is 0 Å². The Labute approximate surface area is 180 Å². The lowest BCUT2D eigenvalue weighted by Gasteiger charge is -2.41. The van der Waals surface area contributed by atoms with Crippen LogP contribution in [0.3, 0.4) is 0 Å². The maximum Gasteiger partial charge on any atom is 0.104 e. The van der Waals surface area contributed by atoms with Crippen LogP contribution in [0.4, 0.5) is 0 Å². The van der Waals surface area contributed by atoms with E-state index in [1.165, 1.54) is 33.2 Å². The van der Waals surface area contributed by atoms with E-state index in [2.05, 4.69) is 38.1 Å². The van der Waals surface area contributed by atoms with Gasteiger partial charge in [0.05, 0.1) is 39.5 Å². The van der Waals surface area contributed by atoms with E-state index in [0.717, 1.165) is 65.7 Å². The Hall–Kier alpha value is 0.0200. The van der Waals surface area contributed by atoms with Crippen molar-refractivity contribution in [2.24, 2.45) is 0 Å². The van der Waals surface area contributed by atoms with Gasteiger partial charge in [0.25, 0.3) is 0 Å². The third-order valence-corrected chi connectivity index (χ3v) is 6.24. The fourth-order valence-electron chi connectivity index (χ4n) is 4.16. The number of morpholine rings is 2. The van der Waals surface area contributed by atoms with Gasteiger partial charge in [-0.05, 0) is 13.8 Å². The Morgan fingerprint density at radius 2 is 0.962 bits per heavy atom. The van der Waals surface area contributed by atoms with Gasteiger partial charge in [0, 0.05) is 11.1 Å². The highest BCUT2D eigenvalue weighted by Crippen LogP contribution is 2.20. The maximum absolute atomic E-state index is 5.56. The van der Waals surface area contributed by atoms with E-state index in [0.29, 0.717) is 0 Å². The molecule has 0 aliphatic carbocycles. The van der Waals surface area contributed by atoms with Crippen LogP contribution in [0, 0.1) is 0 Å². The molecule has 1 aromatic carbocycles. The molecule has 0 bridgehead atoms. The Morgan fingerprint density at radius 1 is 0.654 bits per heavy atom. The number of benzene rings is 1. The summed E-state index contributed by atoms with van der Waals surface area (Å²) in [6, 6.07) is 9.42. The second kappa shape index (κ2) is 11.1. The fraction of sp³-hybridized carbons (Fsp3) is 0.700.